The molecule has 0 saturated heterocycles. The van der Waals surface area contributed by atoms with Gasteiger partial charge in [-0.05, 0) is 25.8 Å². The van der Waals surface area contributed by atoms with Crippen molar-refractivity contribution in [2.45, 2.75) is 31.7 Å². The molecule has 1 unspecified atom stereocenters. The Balaban J connectivity index is 2.08. The monoisotopic (exact) mass is 196 g/mol. The van der Waals surface area contributed by atoms with E-state index < -0.39 is 0 Å². The summed E-state index contributed by atoms with van der Waals surface area (Å²) in [5.74, 6) is 0.812. The van der Waals surface area contributed by atoms with Crippen molar-refractivity contribution in [1.29, 1.82) is 0 Å². The Labute approximate surface area is 83.4 Å². The fourth-order valence-electron chi connectivity index (χ4n) is 2.29. The number of nitrogens with one attached hydrogen (secondary N) is 1. The van der Waals surface area contributed by atoms with Crippen LogP contribution in [0.15, 0.2) is 10.9 Å². The summed E-state index contributed by atoms with van der Waals surface area (Å²) in [4.78, 5) is 4.39. The van der Waals surface area contributed by atoms with Crippen molar-refractivity contribution in [3.8, 4) is 0 Å². The van der Waals surface area contributed by atoms with Crippen molar-refractivity contribution in [1.82, 2.24) is 10.3 Å². The molecular weight excluding hydrogens is 180 g/mol. The molecule has 3 heteroatoms. The molecular formula is C10H16N2S. The minimum atomic E-state index is 0.494. The van der Waals surface area contributed by atoms with Gasteiger partial charge in [0, 0.05) is 5.38 Å². The van der Waals surface area contributed by atoms with E-state index in [4.69, 9.17) is 0 Å². The third kappa shape index (κ3) is 1.92. The second kappa shape index (κ2) is 4.20. The Kier molecular flexibility index (Phi) is 2.96. The lowest BCUT2D eigenvalue weighted by molar-refractivity contribution is 0.384. The molecule has 1 saturated carbocycles. The number of rotatable bonds is 3. The van der Waals surface area contributed by atoms with Crippen LogP contribution < -0.4 is 5.32 Å². The summed E-state index contributed by atoms with van der Waals surface area (Å²) in [7, 11) is 2.04. The van der Waals surface area contributed by atoms with E-state index in [2.05, 4.69) is 15.7 Å². The molecule has 0 aromatic carbocycles. The second-order valence-electron chi connectivity index (χ2n) is 3.72. The van der Waals surface area contributed by atoms with E-state index in [1.807, 2.05) is 12.6 Å². The van der Waals surface area contributed by atoms with Crippen LogP contribution in [0, 0.1) is 5.92 Å². The molecule has 0 bridgehead atoms. The van der Waals surface area contributed by atoms with Crippen LogP contribution in [0.2, 0.25) is 0 Å². The molecule has 1 N–H and O–H groups in total. The average molecular weight is 196 g/mol. The summed E-state index contributed by atoms with van der Waals surface area (Å²) < 4.78 is 0. The quantitative estimate of drug-likeness (QED) is 0.803. The van der Waals surface area contributed by atoms with Crippen LogP contribution in [0.4, 0.5) is 0 Å². The molecule has 0 aliphatic heterocycles. The minimum absolute atomic E-state index is 0.494. The number of hydrogen-bond donors (Lipinski definition) is 1. The lowest BCUT2D eigenvalue weighted by Crippen LogP contribution is -2.23. The molecule has 13 heavy (non-hydrogen) atoms. The Hall–Kier alpha value is -0.410. The second-order valence-corrected chi connectivity index (χ2v) is 4.44. The van der Waals surface area contributed by atoms with Crippen molar-refractivity contribution in [3.63, 3.8) is 0 Å². The Bertz CT molecular complexity index is 239. The third-order valence-electron chi connectivity index (χ3n) is 2.95. The van der Waals surface area contributed by atoms with Gasteiger partial charge in [-0.1, -0.05) is 12.8 Å². The smallest absolute Gasteiger partial charge is 0.0795 e. The highest BCUT2D eigenvalue weighted by Gasteiger charge is 2.25. The van der Waals surface area contributed by atoms with Crippen molar-refractivity contribution in [2.24, 2.45) is 5.92 Å². The maximum Gasteiger partial charge on any atom is 0.0795 e. The molecule has 0 spiro atoms. The number of nitrogens with zero attached hydrogens (tertiary/aromatic N) is 1. The standard InChI is InChI=1S/C10H16N2S/c1-11-10(8-4-2-3-5-8)9-6-13-7-12-9/h6-8,10-11H,2-5H2,1H3. The van der Waals surface area contributed by atoms with Crippen LogP contribution in [-0.2, 0) is 0 Å². The molecule has 0 radical (unpaired) electrons. The van der Waals surface area contributed by atoms with Gasteiger partial charge >= 0.3 is 0 Å². The van der Waals surface area contributed by atoms with Crippen molar-refractivity contribution < 1.29 is 0 Å². The first-order valence-electron chi connectivity index (χ1n) is 4.97. The van der Waals surface area contributed by atoms with Gasteiger partial charge in [0.15, 0.2) is 0 Å². The number of hydrogen-bond acceptors (Lipinski definition) is 3. The van der Waals surface area contributed by atoms with Crippen LogP contribution in [0.3, 0.4) is 0 Å². The number of aromatic nitrogens is 1. The van der Waals surface area contributed by atoms with Gasteiger partial charge in [0.05, 0.1) is 17.2 Å². The molecule has 0 amide bonds. The Morgan fingerprint density at radius 2 is 2.31 bits per heavy atom. The zero-order valence-electron chi connectivity index (χ0n) is 7.99. The van der Waals surface area contributed by atoms with Crippen LogP contribution >= 0.6 is 11.3 Å². The fourth-order valence-corrected chi connectivity index (χ4v) is 2.88. The van der Waals surface area contributed by atoms with Gasteiger partial charge in [-0.25, -0.2) is 4.98 Å². The molecule has 1 fully saturated rings. The summed E-state index contributed by atoms with van der Waals surface area (Å²) in [6.07, 6.45) is 5.52. The molecule has 1 aliphatic carbocycles. The number of thiazole rings is 1. The van der Waals surface area contributed by atoms with Gasteiger partial charge in [0.2, 0.25) is 0 Å². The van der Waals surface area contributed by atoms with E-state index in [-0.39, 0.29) is 0 Å². The van der Waals surface area contributed by atoms with E-state index in [9.17, 15) is 0 Å². The van der Waals surface area contributed by atoms with E-state index in [1.54, 1.807) is 11.3 Å². The summed E-state index contributed by atoms with van der Waals surface area (Å²) >= 11 is 1.69. The SMILES string of the molecule is CNC(c1cscn1)C1CCCC1. The summed E-state index contributed by atoms with van der Waals surface area (Å²) in [6, 6.07) is 0.494. The van der Waals surface area contributed by atoms with E-state index >= 15 is 0 Å². The zero-order chi connectivity index (χ0) is 9.10. The van der Waals surface area contributed by atoms with Crippen molar-refractivity contribution in [2.75, 3.05) is 7.05 Å². The van der Waals surface area contributed by atoms with Gasteiger partial charge in [0.25, 0.3) is 0 Å². The molecule has 1 aliphatic rings. The predicted molar refractivity (Wildman–Crippen MR) is 55.9 cm³/mol. The maximum atomic E-state index is 4.39. The first-order valence-corrected chi connectivity index (χ1v) is 5.91. The summed E-state index contributed by atoms with van der Waals surface area (Å²) in [5.41, 5.74) is 3.16. The molecule has 1 heterocycles. The van der Waals surface area contributed by atoms with Gasteiger partial charge < -0.3 is 5.32 Å². The van der Waals surface area contributed by atoms with Crippen molar-refractivity contribution in [3.05, 3.63) is 16.6 Å². The third-order valence-corrected chi connectivity index (χ3v) is 3.56. The van der Waals surface area contributed by atoms with Gasteiger partial charge in [-0.3, -0.25) is 0 Å². The first-order chi connectivity index (χ1) is 6.42. The average Bonchev–Trinajstić information content (AvgIpc) is 2.76. The molecule has 2 nitrogen and oxygen atoms in total. The molecule has 1 aromatic heterocycles. The minimum Gasteiger partial charge on any atom is -0.311 e. The van der Waals surface area contributed by atoms with Gasteiger partial charge in [-0.15, -0.1) is 11.3 Å². The molecule has 1 atom stereocenters. The molecule has 72 valence electrons. The zero-order valence-corrected chi connectivity index (χ0v) is 8.81. The van der Waals surface area contributed by atoms with Gasteiger partial charge in [-0.2, -0.15) is 0 Å². The molecule has 2 rings (SSSR count). The predicted octanol–water partition coefficient (Wildman–Crippen LogP) is 2.59. The summed E-state index contributed by atoms with van der Waals surface area (Å²) in [5, 5.41) is 5.56. The van der Waals surface area contributed by atoms with Crippen LogP contribution in [0.1, 0.15) is 37.4 Å². The first kappa shape index (κ1) is 9.16. The lowest BCUT2D eigenvalue weighted by atomic mass is 9.96. The van der Waals surface area contributed by atoms with Gasteiger partial charge in [0.1, 0.15) is 0 Å². The van der Waals surface area contributed by atoms with Crippen LogP contribution in [-0.4, -0.2) is 12.0 Å². The van der Waals surface area contributed by atoms with E-state index in [0.29, 0.717) is 6.04 Å². The topological polar surface area (TPSA) is 24.9 Å². The van der Waals surface area contributed by atoms with E-state index in [0.717, 1.165) is 5.92 Å². The van der Waals surface area contributed by atoms with Crippen LogP contribution in [0.5, 0.6) is 0 Å². The van der Waals surface area contributed by atoms with Crippen molar-refractivity contribution >= 4 is 11.3 Å². The van der Waals surface area contributed by atoms with Crippen LogP contribution in [0.25, 0.3) is 0 Å². The fraction of sp³-hybridized carbons (Fsp3) is 0.700. The maximum absolute atomic E-state index is 4.39. The highest BCUT2D eigenvalue weighted by molar-refractivity contribution is 7.07. The van der Waals surface area contributed by atoms with E-state index in [1.165, 1.54) is 31.4 Å². The normalized spacial score (nSPS) is 20.7. The Morgan fingerprint density at radius 3 is 2.85 bits per heavy atom. The molecule has 1 aromatic rings. The lowest BCUT2D eigenvalue weighted by Gasteiger charge is -2.20. The largest absolute Gasteiger partial charge is 0.311 e. The highest BCUT2D eigenvalue weighted by Crippen LogP contribution is 2.35. The Morgan fingerprint density at radius 1 is 1.54 bits per heavy atom. The highest BCUT2D eigenvalue weighted by atomic mass is 32.1. The summed E-state index contributed by atoms with van der Waals surface area (Å²) in [6.45, 7) is 0.